The number of ether oxygens (including phenoxy) is 1. The summed E-state index contributed by atoms with van der Waals surface area (Å²) in [5, 5.41) is 11.0. The number of anilines is 1. The zero-order valence-corrected chi connectivity index (χ0v) is 25.5. The number of carbonyl (C=O) groups excluding carboxylic acids is 3. The van der Waals surface area contributed by atoms with Crippen molar-refractivity contribution in [3.05, 3.63) is 54.1 Å². The lowest BCUT2D eigenvalue weighted by molar-refractivity contribution is -0.156. The molecule has 1 aromatic rings. The molecule has 3 fully saturated rings. The number of hydrogen-bond donors (Lipinski definition) is 1. The number of thioether (sulfide) groups is 1. The molecule has 3 saturated heterocycles. The number of rotatable bonds is 12. The number of carbonyl (C=O) groups is 3. The van der Waals surface area contributed by atoms with Crippen LogP contribution in [-0.2, 0) is 19.1 Å². The van der Waals surface area contributed by atoms with Gasteiger partial charge in [-0.1, -0.05) is 49.7 Å². The molecule has 1 spiro atoms. The first kappa shape index (κ1) is 30.7. The Morgan fingerprint density at radius 1 is 1.30 bits per heavy atom. The van der Waals surface area contributed by atoms with E-state index < -0.39 is 39.4 Å². The monoisotopic (exact) mass is 588 g/mol. The minimum Gasteiger partial charge on any atom is -0.465 e. The van der Waals surface area contributed by atoms with Crippen molar-refractivity contribution < 1.29 is 24.2 Å². The summed E-state index contributed by atoms with van der Waals surface area (Å²) < 4.78 is 4.27. The predicted octanol–water partition coefficient (Wildman–Crippen LogP) is 5.18. The van der Waals surface area contributed by atoms with Crippen molar-refractivity contribution in [2.24, 2.45) is 17.8 Å². The molecule has 1 N–H and O–H groups in total. The fourth-order valence-corrected chi connectivity index (χ4v) is 9.73. The van der Waals surface area contributed by atoms with Gasteiger partial charge in [0.2, 0.25) is 5.91 Å². The van der Waals surface area contributed by atoms with Gasteiger partial charge in [-0.15, -0.1) is 24.9 Å². The van der Waals surface area contributed by atoms with Crippen LogP contribution in [0.4, 0.5) is 5.69 Å². The minimum absolute atomic E-state index is 0.176. The van der Waals surface area contributed by atoms with Crippen LogP contribution in [0.3, 0.4) is 0 Å². The topological polar surface area (TPSA) is 87.1 Å². The highest BCUT2D eigenvalue weighted by atomic mass is 35.5. The van der Waals surface area contributed by atoms with Gasteiger partial charge in [0.1, 0.15) is 6.04 Å². The van der Waals surface area contributed by atoms with Gasteiger partial charge in [-0.25, -0.2) is 0 Å². The number of aliphatic hydroxyl groups excluding tert-OH is 1. The average molecular weight is 589 g/mol. The van der Waals surface area contributed by atoms with Crippen LogP contribution in [0.1, 0.15) is 52.0 Å². The van der Waals surface area contributed by atoms with Crippen LogP contribution in [0.15, 0.2) is 43.5 Å². The largest absolute Gasteiger partial charge is 0.465 e. The van der Waals surface area contributed by atoms with Crippen molar-refractivity contribution in [2.45, 2.75) is 75.0 Å². The maximum Gasteiger partial charge on any atom is 0.311 e. The molecule has 3 aliphatic heterocycles. The predicted molar refractivity (Wildman–Crippen MR) is 160 cm³/mol. The molecule has 4 rings (SSSR count). The first-order valence-electron chi connectivity index (χ1n) is 14.1. The Kier molecular flexibility index (Phi) is 9.13. The Morgan fingerprint density at radius 3 is 2.62 bits per heavy atom. The summed E-state index contributed by atoms with van der Waals surface area (Å²) in [6.45, 7) is 15.7. The number of para-hydroxylation sites is 1. The second-order valence-corrected chi connectivity index (χ2v) is 14.1. The normalized spacial score (nSPS) is 29.4. The number of aliphatic hydroxyl groups is 1. The van der Waals surface area contributed by atoms with Gasteiger partial charge < -0.3 is 19.6 Å². The summed E-state index contributed by atoms with van der Waals surface area (Å²) in [7, 11) is 0. The van der Waals surface area contributed by atoms with E-state index in [1.165, 1.54) is 0 Å². The van der Waals surface area contributed by atoms with E-state index >= 15 is 0 Å². The smallest absolute Gasteiger partial charge is 0.311 e. The fraction of sp³-hybridized carbons (Fsp3) is 0.581. The van der Waals surface area contributed by atoms with Crippen LogP contribution < -0.4 is 4.90 Å². The number of halogens is 1. The third kappa shape index (κ3) is 5.01. The molecule has 218 valence electrons. The van der Waals surface area contributed by atoms with E-state index in [2.05, 4.69) is 13.2 Å². The highest BCUT2D eigenvalue weighted by Gasteiger charge is 2.78. The Morgan fingerprint density at radius 2 is 2.02 bits per heavy atom. The number of likely N-dealkylation sites (tertiary alicyclic amines) is 1. The molecular weight excluding hydrogens is 548 g/mol. The fourth-order valence-electron chi connectivity index (χ4n) is 7.08. The van der Waals surface area contributed by atoms with Gasteiger partial charge in [0, 0.05) is 11.3 Å². The van der Waals surface area contributed by atoms with Crippen LogP contribution in [0.5, 0.6) is 0 Å². The molecule has 2 amide bonds. The van der Waals surface area contributed by atoms with Crippen molar-refractivity contribution in [1.29, 1.82) is 0 Å². The van der Waals surface area contributed by atoms with Crippen LogP contribution in [-0.4, -0.2) is 69.1 Å². The van der Waals surface area contributed by atoms with E-state index in [1.807, 2.05) is 39.8 Å². The van der Waals surface area contributed by atoms with Crippen LogP contribution in [0.2, 0.25) is 5.02 Å². The van der Waals surface area contributed by atoms with Gasteiger partial charge in [-0.05, 0) is 57.1 Å². The van der Waals surface area contributed by atoms with E-state index in [4.69, 9.17) is 16.3 Å². The van der Waals surface area contributed by atoms with Gasteiger partial charge in [-0.2, -0.15) is 0 Å². The first-order chi connectivity index (χ1) is 19.0. The van der Waals surface area contributed by atoms with Crippen LogP contribution in [0.25, 0.3) is 0 Å². The number of nitrogens with zero attached hydrogens (tertiary/aromatic N) is 2. The number of benzene rings is 1. The number of esters is 1. The standard InChI is InChI=1S/C31H41ClN2O5S/c1-7-9-16-39-29(38)24-23-27(36)34(21(18-35)17-19(3)4)26(31(23)14-13-30(24,6)40-31)28(37)33(15-8-2)25-20(5)11-10-12-22(25)32/h7-8,10-12,19,21,23-24,26,35H,1-2,9,13-18H2,3-6H3/t21-,23+,24+,26?,30-,31?/m1/s1. The summed E-state index contributed by atoms with van der Waals surface area (Å²) >= 11 is 8.23. The molecule has 3 heterocycles. The zero-order chi connectivity index (χ0) is 29.4. The number of amides is 2. The van der Waals surface area contributed by atoms with E-state index in [0.717, 1.165) is 5.56 Å². The van der Waals surface area contributed by atoms with Gasteiger partial charge in [-0.3, -0.25) is 14.4 Å². The molecular formula is C31H41ClN2O5S. The molecule has 3 aliphatic rings. The first-order valence-corrected chi connectivity index (χ1v) is 15.2. The Bertz CT molecular complexity index is 1170. The molecule has 9 heteroatoms. The lowest BCUT2D eigenvalue weighted by Gasteiger charge is -2.40. The third-order valence-electron chi connectivity index (χ3n) is 8.65. The lowest BCUT2D eigenvalue weighted by atomic mass is 9.66. The summed E-state index contributed by atoms with van der Waals surface area (Å²) in [6.07, 6.45) is 5.67. The molecule has 2 bridgehead atoms. The van der Waals surface area contributed by atoms with Gasteiger partial charge >= 0.3 is 5.97 Å². The maximum atomic E-state index is 14.8. The highest BCUT2D eigenvalue weighted by Crippen LogP contribution is 2.72. The molecule has 6 atom stereocenters. The van der Waals surface area contributed by atoms with Crippen LogP contribution >= 0.6 is 23.4 Å². The SMILES string of the molecule is C=CCCOC(=O)[C@@H]1[C@H]2C(=O)N([C@@H](CO)CC(C)C)C(C(=O)N(CC=C)c3c(C)cccc3Cl)C23CC[C@@]1(C)S3. The maximum absolute atomic E-state index is 14.8. The van der Waals surface area contributed by atoms with Crippen molar-refractivity contribution in [1.82, 2.24) is 4.90 Å². The molecule has 0 saturated carbocycles. The van der Waals surface area contributed by atoms with E-state index in [0.29, 0.717) is 36.4 Å². The molecule has 7 nitrogen and oxygen atoms in total. The highest BCUT2D eigenvalue weighted by molar-refractivity contribution is 8.02. The van der Waals surface area contributed by atoms with Gasteiger partial charge in [0.25, 0.3) is 5.91 Å². The number of fused-ring (bicyclic) bond motifs is 1. The molecule has 2 unspecified atom stereocenters. The molecule has 1 aromatic carbocycles. The molecule has 0 aromatic heterocycles. The third-order valence-corrected chi connectivity index (χ3v) is 10.9. The molecule has 0 radical (unpaired) electrons. The Hall–Kier alpha value is -2.29. The van der Waals surface area contributed by atoms with E-state index in [-0.39, 0.29) is 37.5 Å². The van der Waals surface area contributed by atoms with Crippen LogP contribution in [0, 0.1) is 24.7 Å². The second kappa shape index (κ2) is 11.9. The summed E-state index contributed by atoms with van der Waals surface area (Å²) in [6, 6.07) is 4.02. The van der Waals surface area contributed by atoms with E-state index in [1.54, 1.807) is 39.8 Å². The molecule has 0 aliphatic carbocycles. The van der Waals surface area contributed by atoms with Crippen molar-refractivity contribution in [2.75, 3.05) is 24.7 Å². The average Bonchev–Trinajstić information content (AvgIpc) is 3.47. The lowest BCUT2D eigenvalue weighted by Crippen LogP contribution is -2.58. The number of aryl methyl sites for hydroxylation is 1. The summed E-state index contributed by atoms with van der Waals surface area (Å²) in [5.41, 5.74) is 1.40. The van der Waals surface area contributed by atoms with Crippen molar-refractivity contribution >= 4 is 46.8 Å². The number of hydrogen-bond acceptors (Lipinski definition) is 6. The van der Waals surface area contributed by atoms with Gasteiger partial charge in [0.15, 0.2) is 0 Å². The Balaban J connectivity index is 1.85. The Labute approximate surface area is 246 Å². The zero-order valence-electron chi connectivity index (χ0n) is 23.9. The summed E-state index contributed by atoms with van der Waals surface area (Å²) in [4.78, 5) is 46.0. The van der Waals surface area contributed by atoms with Crippen molar-refractivity contribution in [3.8, 4) is 0 Å². The second-order valence-electron chi connectivity index (χ2n) is 11.8. The quantitative estimate of drug-likeness (QED) is 0.206. The molecule has 40 heavy (non-hydrogen) atoms. The van der Waals surface area contributed by atoms with Gasteiger partial charge in [0.05, 0.1) is 46.5 Å². The summed E-state index contributed by atoms with van der Waals surface area (Å²) in [5.74, 6) is -2.16. The van der Waals surface area contributed by atoms with Crippen molar-refractivity contribution in [3.63, 3.8) is 0 Å². The minimum atomic E-state index is -0.880. The van der Waals surface area contributed by atoms with E-state index in [9.17, 15) is 19.5 Å².